The third kappa shape index (κ3) is 5.01. The van der Waals surface area contributed by atoms with Crippen molar-refractivity contribution in [3.8, 4) is 11.3 Å². The molecule has 1 saturated heterocycles. The maximum absolute atomic E-state index is 15.1. The summed E-state index contributed by atoms with van der Waals surface area (Å²) in [5.74, 6) is -0.388. The van der Waals surface area contributed by atoms with Crippen molar-refractivity contribution < 1.29 is 14.3 Å². The molecule has 1 aliphatic heterocycles. The van der Waals surface area contributed by atoms with Crippen molar-refractivity contribution in [3.63, 3.8) is 0 Å². The molecule has 3 N–H and O–H groups in total. The van der Waals surface area contributed by atoms with Crippen LogP contribution in [0.25, 0.3) is 22.2 Å². The average Bonchev–Trinajstić information content (AvgIpc) is 2.89. The Balaban J connectivity index is 1.50. The van der Waals surface area contributed by atoms with E-state index in [1.165, 1.54) is 23.2 Å². The molecular formula is C27H27FN6O3. The first-order chi connectivity index (χ1) is 17.8. The highest BCUT2D eigenvalue weighted by Gasteiger charge is 2.19. The lowest BCUT2D eigenvalue weighted by atomic mass is 10.0. The zero-order chi connectivity index (χ0) is 26.1. The van der Waals surface area contributed by atoms with Crippen LogP contribution in [0.5, 0.6) is 0 Å². The summed E-state index contributed by atoms with van der Waals surface area (Å²) in [4.78, 5) is 40.1. The number of halogens is 1. The fourth-order valence-electron chi connectivity index (χ4n) is 4.45. The number of fused-ring (bicyclic) bond motifs is 1. The third-order valence-electron chi connectivity index (χ3n) is 6.47. The molecule has 190 valence electrons. The summed E-state index contributed by atoms with van der Waals surface area (Å²) < 4.78 is 15.1. The Hall–Kier alpha value is -4.31. The van der Waals surface area contributed by atoms with Gasteiger partial charge in [-0.1, -0.05) is 0 Å². The maximum atomic E-state index is 15.1. The predicted molar refractivity (Wildman–Crippen MR) is 141 cm³/mol. The van der Waals surface area contributed by atoms with Crippen LogP contribution >= 0.6 is 0 Å². The maximum Gasteiger partial charge on any atom is 0.259 e. The van der Waals surface area contributed by atoms with Gasteiger partial charge in [-0.25, -0.2) is 14.4 Å². The molecule has 9 nitrogen and oxygen atoms in total. The standard InChI is InChI=1S/C27H27FN6O3/c1-33(2)27(37)16-3-5-19(20(28)13-16)22-14-23(25-21(31-22)7-10-29-26(25)36)32-24-6-4-17(15-30-24)34-11-8-18(35)9-12-34/h3-7,10,13-15,18,35H,8-9,11-12H2,1-2H3,(H,29,36)(H,30,31,32). The van der Waals surface area contributed by atoms with Crippen molar-refractivity contribution in [2.24, 2.45) is 0 Å². The van der Waals surface area contributed by atoms with E-state index >= 15 is 4.39 Å². The van der Waals surface area contributed by atoms with Crippen molar-refractivity contribution in [3.05, 3.63) is 76.6 Å². The van der Waals surface area contributed by atoms with Crippen LogP contribution in [0, 0.1) is 5.82 Å². The van der Waals surface area contributed by atoms with Crippen molar-refractivity contribution in [2.75, 3.05) is 37.4 Å². The molecule has 0 aliphatic carbocycles. The second kappa shape index (κ2) is 9.98. The van der Waals surface area contributed by atoms with Gasteiger partial charge in [-0.2, -0.15) is 0 Å². The fourth-order valence-corrected chi connectivity index (χ4v) is 4.45. The van der Waals surface area contributed by atoms with Crippen molar-refractivity contribution in [1.29, 1.82) is 0 Å². The van der Waals surface area contributed by atoms with E-state index in [0.717, 1.165) is 31.6 Å². The van der Waals surface area contributed by atoms with Crippen LogP contribution in [0.1, 0.15) is 23.2 Å². The number of anilines is 3. The van der Waals surface area contributed by atoms with Gasteiger partial charge in [-0.05, 0) is 55.3 Å². The van der Waals surface area contributed by atoms with E-state index in [4.69, 9.17) is 0 Å². The molecule has 4 heterocycles. The van der Waals surface area contributed by atoms with E-state index in [9.17, 15) is 14.7 Å². The highest BCUT2D eigenvalue weighted by molar-refractivity contribution is 5.96. The smallest absolute Gasteiger partial charge is 0.259 e. The first-order valence-corrected chi connectivity index (χ1v) is 12.0. The number of aliphatic hydroxyl groups excluding tert-OH is 1. The normalized spacial score (nSPS) is 14.1. The Morgan fingerprint density at radius 3 is 2.62 bits per heavy atom. The summed E-state index contributed by atoms with van der Waals surface area (Å²) in [5.41, 5.74) is 2.17. The monoisotopic (exact) mass is 502 g/mol. The Labute approximate surface area is 212 Å². The molecular weight excluding hydrogens is 475 g/mol. The zero-order valence-electron chi connectivity index (χ0n) is 20.5. The van der Waals surface area contributed by atoms with Crippen molar-refractivity contribution in [2.45, 2.75) is 18.9 Å². The van der Waals surface area contributed by atoms with Gasteiger partial charge in [0.1, 0.15) is 11.6 Å². The number of pyridine rings is 3. The average molecular weight is 503 g/mol. The van der Waals surface area contributed by atoms with Gasteiger partial charge in [-0.3, -0.25) is 9.59 Å². The molecule has 37 heavy (non-hydrogen) atoms. The van der Waals surface area contributed by atoms with Crippen LogP contribution in [0.4, 0.5) is 21.6 Å². The summed E-state index contributed by atoms with van der Waals surface area (Å²) in [6, 6.07) is 11.2. The number of hydrogen-bond donors (Lipinski definition) is 3. The Morgan fingerprint density at radius 1 is 1.16 bits per heavy atom. The molecule has 0 radical (unpaired) electrons. The number of aromatic amines is 1. The van der Waals surface area contributed by atoms with Crippen molar-refractivity contribution >= 4 is 34.0 Å². The number of nitrogens with zero attached hydrogens (tertiary/aromatic N) is 4. The van der Waals surface area contributed by atoms with E-state index in [1.807, 2.05) is 12.1 Å². The number of H-pyrrole nitrogens is 1. The van der Waals surface area contributed by atoms with Gasteiger partial charge < -0.3 is 25.2 Å². The van der Waals surface area contributed by atoms with Crippen LogP contribution in [0.2, 0.25) is 0 Å². The minimum absolute atomic E-state index is 0.205. The second-order valence-electron chi connectivity index (χ2n) is 9.26. The second-order valence-corrected chi connectivity index (χ2v) is 9.26. The third-order valence-corrected chi connectivity index (χ3v) is 6.47. The number of benzene rings is 1. The number of piperidine rings is 1. The van der Waals surface area contributed by atoms with Gasteiger partial charge in [0, 0.05) is 44.5 Å². The summed E-state index contributed by atoms with van der Waals surface area (Å²) in [6.45, 7) is 1.52. The topological polar surface area (TPSA) is 114 Å². The number of aromatic nitrogens is 3. The van der Waals surface area contributed by atoms with Gasteiger partial charge in [0.25, 0.3) is 11.5 Å². The lowest BCUT2D eigenvalue weighted by Gasteiger charge is -2.31. The Kier molecular flexibility index (Phi) is 6.58. The largest absolute Gasteiger partial charge is 0.393 e. The SMILES string of the molecule is CN(C)C(=O)c1ccc(-c2cc(Nc3ccc(N4CCC(O)CC4)cn3)c3c(=O)[nH]ccc3n2)c(F)c1. The summed E-state index contributed by atoms with van der Waals surface area (Å²) in [5, 5.41) is 13.3. The van der Waals surface area contributed by atoms with Crippen LogP contribution in [-0.2, 0) is 0 Å². The van der Waals surface area contributed by atoms with Gasteiger partial charge in [-0.15, -0.1) is 0 Å². The molecule has 1 amide bonds. The lowest BCUT2D eigenvalue weighted by molar-refractivity contribution is 0.0827. The van der Waals surface area contributed by atoms with Crippen LogP contribution in [0.15, 0.2) is 59.7 Å². The van der Waals surface area contributed by atoms with Gasteiger partial charge in [0.05, 0.1) is 40.3 Å². The number of hydrogen-bond acceptors (Lipinski definition) is 7. The molecule has 0 bridgehead atoms. The summed E-state index contributed by atoms with van der Waals surface area (Å²) in [6.07, 6.45) is 4.41. The van der Waals surface area contributed by atoms with E-state index in [2.05, 4.69) is 25.2 Å². The number of carbonyl (C=O) groups excluding carboxylic acids is 1. The number of rotatable bonds is 5. The summed E-state index contributed by atoms with van der Waals surface area (Å²) >= 11 is 0. The fraction of sp³-hybridized carbons (Fsp3) is 0.259. The van der Waals surface area contributed by atoms with E-state index in [1.54, 1.807) is 38.5 Å². The molecule has 10 heteroatoms. The quantitative estimate of drug-likeness (QED) is 0.383. The van der Waals surface area contributed by atoms with Gasteiger partial charge in [0.2, 0.25) is 0 Å². The molecule has 0 unspecified atom stereocenters. The van der Waals surface area contributed by atoms with Gasteiger partial charge in [0.15, 0.2) is 0 Å². The molecule has 0 saturated carbocycles. The molecule has 5 rings (SSSR count). The predicted octanol–water partition coefficient (Wildman–Crippen LogP) is 3.53. The number of aliphatic hydroxyl groups is 1. The molecule has 0 spiro atoms. The van der Waals surface area contributed by atoms with E-state index in [-0.39, 0.29) is 28.7 Å². The Bertz CT molecular complexity index is 1510. The minimum atomic E-state index is -0.593. The number of amides is 1. The lowest BCUT2D eigenvalue weighted by Crippen LogP contribution is -2.35. The first kappa shape index (κ1) is 24.4. The molecule has 3 aromatic heterocycles. The zero-order valence-corrected chi connectivity index (χ0v) is 20.5. The molecule has 1 aliphatic rings. The summed E-state index contributed by atoms with van der Waals surface area (Å²) in [7, 11) is 3.21. The van der Waals surface area contributed by atoms with E-state index in [0.29, 0.717) is 28.1 Å². The highest BCUT2D eigenvalue weighted by Crippen LogP contribution is 2.30. The number of carbonyl (C=O) groups is 1. The molecule has 1 fully saturated rings. The first-order valence-electron chi connectivity index (χ1n) is 12.0. The number of nitrogens with one attached hydrogen (secondary N) is 2. The highest BCUT2D eigenvalue weighted by atomic mass is 19.1. The molecule has 1 aromatic carbocycles. The van der Waals surface area contributed by atoms with E-state index < -0.39 is 5.82 Å². The van der Waals surface area contributed by atoms with Crippen LogP contribution < -0.4 is 15.8 Å². The van der Waals surface area contributed by atoms with Crippen LogP contribution in [-0.4, -0.2) is 64.2 Å². The minimum Gasteiger partial charge on any atom is -0.393 e. The molecule has 0 atom stereocenters. The van der Waals surface area contributed by atoms with Crippen LogP contribution in [0.3, 0.4) is 0 Å². The molecule has 4 aromatic rings. The van der Waals surface area contributed by atoms with Crippen molar-refractivity contribution in [1.82, 2.24) is 19.9 Å². The Morgan fingerprint density at radius 2 is 1.95 bits per heavy atom. The van der Waals surface area contributed by atoms with Gasteiger partial charge >= 0.3 is 0 Å².